The lowest BCUT2D eigenvalue weighted by atomic mass is 9.83. The molecule has 1 aliphatic rings. The van der Waals surface area contributed by atoms with Gasteiger partial charge in [0.2, 0.25) is 6.41 Å². The largest absolute Gasteiger partial charge is 0.328 e. The second-order valence-corrected chi connectivity index (χ2v) is 6.31. The first-order valence-corrected chi connectivity index (χ1v) is 7.94. The predicted octanol–water partition coefficient (Wildman–Crippen LogP) is 3.83. The summed E-state index contributed by atoms with van der Waals surface area (Å²) in [6.07, 6.45) is 0.594. The molecule has 3 rings (SSSR count). The molecule has 120 valence electrons. The maximum Gasteiger partial charge on any atom is 0.211 e. The Kier molecular flexibility index (Phi) is 4.64. The van der Waals surface area contributed by atoms with Gasteiger partial charge in [0.05, 0.1) is 5.02 Å². The highest BCUT2D eigenvalue weighted by Gasteiger charge is 2.32. The van der Waals surface area contributed by atoms with Crippen LogP contribution in [0.4, 0.5) is 10.1 Å². The minimum absolute atomic E-state index is 0.0103. The summed E-state index contributed by atoms with van der Waals surface area (Å²) in [5.41, 5.74) is 3.75. The maximum absolute atomic E-state index is 14.0. The van der Waals surface area contributed by atoms with Gasteiger partial charge in [-0.1, -0.05) is 41.4 Å². The average molecular weight is 333 g/mol. The van der Waals surface area contributed by atoms with E-state index in [1.165, 1.54) is 23.3 Å². The molecule has 2 aromatic rings. The third kappa shape index (κ3) is 3.23. The van der Waals surface area contributed by atoms with E-state index in [-0.39, 0.29) is 16.9 Å². The third-order valence-corrected chi connectivity index (χ3v) is 4.68. The molecule has 1 saturated heterocycles. The van der Waals surface area contributed by atoms with Crippen molar-refractivity contribution in [1.29, 1.82) is 0 Å². The first-order chi connectivity index (χ1) is 11.1. The van der Waals surface area contributed by atoms with Crippen LogP contribution in [0.5, 0.6) is 0 Å². The highest BCUT2D eigenvalue weighted by molar-refractivity contribution is 6.31. The number of benzene rings is 2. The second kappa shape index (κ2) is 6.69. The Labute approximate surface area is 139 Å². The lowest BCUT2D eigenvalue weighted by Gasteiger charge is -2.22. The summed E-state index contributed by atoms with van der Waals surface area (Å²) in [4.78, 5) is 10.9. The van der Waals surface area contributed by atoms with Crippen LogP contribution in [0.1, 0.15) is 28.5 Å². The summed E-state index contributed by atoms with van der Waals surface area (Å²) in [6.45, 7) is 3.61. The summed E-state index contributed by atoms with van der Waals surface area (Å²) >= 11 is 5.86. The van der Waals surface area contributed by atoms with Gasteiger partial charge in [-0.3, -0.25) is 4.79 Å². The smallest absolute Gasteiger partial charge is 0.211 e. The number of anilines is 1. The van der Waals surface area contributed by atoms with Crippen molar-refractivity contribution >= 4 is 23.7 Å². The number of rotatable bonds is 4. The Morgan fingerprint density at radius 1 is 1.26 bits per heavy atom. The molecule has 0 spiro atoms. The zero-order chi connectivity index (χ0) is 16.4. The zero-order valence-corrected chi connectivity index (χ0v) is 13.5. The number of hydrogen-bond acceptors (Lipinski definition) is 2. The van der Waals surface area contributed by atoms with E-state index in [1.54, 1.807) is 0 Å². The first-order valence-electron chi connectivity index (χ1n) is 7.56. The number of carbonyl (C=O) groups excluding carboxylic acids is 1. The van der Waals surface area contributed by atoms with Crippen LogP contribution in [-0.2, 0) is 4.79 Å². The summed E-state index contributed by atoms with van der Waals surface area (Å²) in [7, 11) is 0. The number of hydrogen-bond donors (Lipinski definition) is 2. The normalized spacial score (nSPS) is 20.5. The first kappa shape index (κ1) is 16.0. The van der Waals surface area contributed by atoms with Gasteiger partial charge in [0.15, 0.2) is 0 Å². The highest BCUT2D eigenvalue weighted by Crippen LogP contribution is 2.40. The predicted molar refractivity (Wildman–Crippen MR) is 90.6 cm³/mol. The molecule has 0 aromatic heterocycles. The van der Waals surface area contributed by atoms with Crippen molar-refractivity contribution in [3.63, 3.8) is 0 Å². The van der Waals surface area contributed by atoms with Crippen molar-refractivity contribution < 1.29 is 9.18 Å². The van der Waals surface area contributed by atoms with Crippen molar-refractivity contribution in [3.8, 4) is 0 Å². The monoisotopic (exact) mass is 332 g/mol. The van der Waals surface area contributed by atoms with E-state index in [9.17, 15) is 9.18 Å². The van der Waals surface area contributed by atoms with E-state index in [4.69, 9.17) is 11.6 Å². The zero-order valence-electron chi connectivity index (χ0n) is 12.8. The van der Waals surface area contributed by atoms with Gasteiger partial charge in [-0.2, -0.15) is 0 Å². The molecule has 0 aliphatic carbocycles. The number of carbonyl (C=O) groups is 1. The fourth-order valence-electron chi connectivity index (χ4n) is 3.31. The average Bonchev–Trinajstić information content (AvgIpc) is 3.00. The number of aryl methyl sites for hydroxylation is 1. The minimum atomic E-state index is -0.465. The van der Waals surface area contributed by atoms with Gasteiger partial charge in [-0.05, 0) is 30.2 Å². The van der Waals surface area contributed by atoms with E-state index >= 15 is 0 Å². The lowest BCUT2D eigenvalue weighted by Crippen LogP contribution is -2.12. The molecule has 5 heteroatoms. The van der Waals surface area contributed by atoms with Crippen LogP contribution in [0.2, 0.25) is 5.02 Å². The van der Waals surface area contributed by atoms with Gasteiger partial charge < -0.3 is 10.6 Å². The molecule has 0 saturated carbocycles. The molecule has 2 atom stereocenters. The molecule has 0 unspecified atom stereocenters. The molecule has 23 heavy (non-hydrogen) atoms. The summed E-state index contributed by atoms with van der Waals surface area (Å²) in [5.74, 6) is -0.165. The van der Waals surface area contributed by atoms with Gasteiger partial charge in [-0.15, -0.1) is 0 Å². The summed E-state index contributed by atoms with van der Waals surface area (Å²) < 4.78 is 14.0. The number of nitrogens with one attached hydrogen (secondary N) is 2. The van der Waals surface area contributed by atoms with E-state index in [0.29, 0.717) is 12.1 Å². The Hall–Kier alpha value is -1.91. The maximum atomic E-state index is 14.0. The van der Waals surface area contributed by atoms with E-state index in [2.05, 4.69) is 35.8 Å². The van der Waals surface area contributed by atoms with Crippen LogP contribution in [0.25, 0.3) is 0 Å². The van der Waals surface area contributed by atoms with Gasteiger partial charge in [0.25, 0.3) is 0 Å². The standard InChI is InChI=1S/C18H18ClFN2O/c1-11-3-2-4-12(5-11)14-8-21-9-15(14)13-6-17(20)16(19)7-18(13)22-10-23/h2-7,10,14-15,21H,8-9H2,1H3,(H,22,23)/t14-,15+/m1/s1. The number of halogens is 2. The molecule has 1 heterocycles. The highest BCUT2D eigenvalue weighted by atomic mass is 35.5. The summed E-state index contributed by atoms with van der Waals surface area (Å²) in [5, 5.41) is 6.03. The second-order valence-electron chi connectivity index (χ2n) is 5.90. The number of amides is 1. The Morgan fingerprint density at radius 3 is 2.78 bits per heavy atom. The van der Waals surface area contributed by atoms with Crippen molar-refractivity contribution in [1.82, 2.24) is 5.32 Å². The molecular weight excluding hydrogens is 315 g/mol. The van der Waals surface area contributed by atoms with Crippen molar-refractivity contribution in [2.45, 2.75) is 18.8 Å². The molecular formula is C18H18ClFN2O. The molecule has 0 radical (unpaired) electrons. The van der Waals surface area contributed by atoms with Gasteiger partial charge >= 0.3 is 0 Å². The van der Waals surface area contributed by atoms with Crippen LogP contribution in [0, 0.1) is 12.7 Å². The third-order valence-electron chi connectivity index (χ3n) is 4.39. The molecule has 3 nitrogen and oxygen atoms in total. The summed E-state index contributed by atoms with van der Waals surface area (Å²) in [6, 6.07) is 11.3. The van der Waals surface area contributed by atoms with Gasteiger partial charge in [0, 0.05) is 30.6 Å². The van der Waals surface area contributed by atoms with Crippen molar-refractivity contribution in [2.75, 3.05) is 18.4 Å². The van der Waals surface area contributed by atoms with E-state index in [0.717, 1.165) is 18.7 Å². The molecule has 1 aliphatic heterocycles. The van der Waals surface area contributed by atoms with Crippen LogP contribution in [-0.4, -0.2) is 19.5 Å². The molecule has 2 aromatic carbocycles. The molecule has 0 bridgehead atoms. The van der Waals surface area contributed by atoms with E-state index in [1.807, 2.05) is 6.07 Å². The van der Waals surface area contributed by atoms with Crippen molar-refractivity contribution in [3.05, 3.63) is 63.9 Å². The molecule has 2 N–H and O–H groups in total. The van der Waals surface area contributed by atoms with Gasteiger partial charge in [-0.25, -0.2) is 4.39 Å². The quantitative estimate of drug-likeness (QED) is 0.836. The molecule has 1 fully saturated rings. The lowest BCUT2D eigenvalue weighted by molar-refractivity contribution is -0.105. The minimum Gasteiger partial charge on any atom is -0.328 e. The Bertz CT molecular complexity index is 735. The Balaban J connectivity index is 2.02. The SMILES string of the molecule is Cc1cccc([C@H]2CNC[C@H]2c2cc(F)c(Cl)cc2NC=O)c1. The van der Waals surface area contributed by atoms with Crippen LogP contribution in [0.3, 0.4) is 0 Å². The Morgan fingerprint density at radius 2 is 2.04 bits per heavy atom. The fraction of sp³-hybridized carbons (Fsp3) is 0.278. The van der Waals surface area contributed by atoms with Crippen LogP contribution < -0.4 is 10.6 Å². The van der Waals surface area contributed by atoms with Crippen LogP contribution in [0.15, 0.2) is 36.4 Å². The van der Waals surface area contributed by atoms with E-state index < -0.39 is 5.82 Å². The van der Waals surface area contributed by atoms with Gasteiger partial charge in [0.1, 0.15) is 5.82 Å². The van der Waals surface area contributed by atoms with Crippen molar-refractivity contribution in [2.24, 2.45) is 0 Å². The van der Waals surface area contributed by atoms with Crippen LogP contribution >= 0.6 is 11.6 Å². The fourth-order valence-corrected chi connectivity index (χ4v) is 3.48. The topological polar surface area (TPSA) is 41.1 Å². The molecule has 1 amide bonds.